The molecule has 0 aromatic heterocycles. The first-order valence-corrected chi connectivity index (χ1v) is 15.5. The minimum atomic E-state index is -1.83. The molecule has 14 nitrogen and oxygen atoms in total. The summed E-state index contributed by atoms with van der Waals surface area (Å²) in [4.78, 5) is 64.7. The van der Waals surface area contributed by atoms with Crippen molar-refractivity contribution in [2.45, 2.75) is 81.0 Å². The number of piperidine rings is 1. The van der Waals surface area contributed by atoms with Gasteiger partial charge in [0, 0.05) is 30.5 Å². The zero-order valence-corrected chi connectivity index (χ0v) is 26.4. The highest BCUT2D eigenvalue weighted by molar-refractivity contribution is 5.87. The lowest BCUT2D eigenvalue weighted by Gasteiger charge is -2.61. The molecule has 2 aromatic carbocycles. The maximum atomic E-state index is 13.3. The Bertz CT molecular complexity index is 1710. The summed E-state index contributed by atoms with van der Waals surface area (Å²) in [5.74, 6) is -5.64. The lowest BCUT2D eigenvalue weighted by molar-refractivity contribution is -0.184. The zero-order valence-electron chi connectivity index (χ0n) is 26.4. The van der Waals surface area contributed by atoms with Gasteiger partial charge in [-0.1, -0.05) is 36.4 Å². The third-order valence-electron chi connectivity index (χ3n) is 9.69. The molecule has 2 aliphatic heterocycles. The molecule has 2 aromatic rings. The highest BCUT2D eigenvalue weighted by Gasteiger charge is 2.72. The number of nitrogens with zero attached hydrogens (tertiary/aromatic N) is 1. The van der Waals surface area contributed by atoms with Crippen molar-refractivity contribution >= 4 is 29.8 Å². The number of carboxylic acid groups (broad SMARTS) is 1. The van der Waals surface area contributed by atoms with Crippen LogP contribution in [0.25, 0.3) is 0 Å². The average molecular weight is 666 g/mol. The molecule has 0 unspecified atom stereocenters. The lowest BCUT2D eigenvalue weighted by atomic mass is 9.50. The quantitative estimate of drug-likeness (QED) is 0.246. The molecule has 48 heavy (non-hydrogen) atoms. The van der Waals surface area contributed by atoms with E-state index in [9.17, 15) is 39.3 Å². The number of rotatable bonds is 10. The van der Waals surface area contributed by atoms with Gasteiger partial charge in [0.1, 0.15) is 5.76 Å². The third-order valence-corrected chi connectivity index (χ3v) is 9.69. The summed E-state index contributed by atoms with van der Waals surface area (Å²) in [6, 6.07) is 10.8. The molecular formula is C34H35NO13. The van der Waals surface area contributed by atoms with Gasteiger partial charge in [0.15, 0.2) is 23.7 Å². The standard InChI is InChI=1S/C34H35NO13/c1-17(31(41)48-27(30(39)40)19-7-5-4-6-8-19)44-32(42)23(45-18(2)36)16-25(38)46-22-11-12-34(43)24-15-20-9-10-21(37)28-26(20)33(34,29(22)47-28)13-14-35(24)3/h4-11,17,23-24,27,29,37,43H,12-16H2,1-3H3,(H,39,40)/t17-,23-,24+,27-,29-,33-,34+/m0/s1. The lowest BCUT2D eigenvalue weighted by Crippen LogP contribution is -2.74. The van der Waals surface area contributed by atoms with Crippen molar-refractivity contribution in [2.75, 3.05) is 13.6 Å². The van der Waals surface area contributed by atoms with Crippen molar-refractivity contribution in [1.82, 2.24) is 4.90 Å². The molecule has 2 aliphatic carbocycles. The number of carboxylic acids is 1. The first kappa shape index (κ1) is 33.0. The number of aliphatic hydroxyl groups is 1. The number of carbonyl (C=O) groups is 5. The molecule has 3 N–H and O–H groups in total. The maximum Gasteiger partial charge on any atom is 0.349 e. The molecule has 0 amide bonds. The smallest absolute Gasteiger partial charge is 0.349 e. The van der Waals surface area contributed by atoms with E-state index in [1.807, 2.05) is 13.1 Å². The highest BCUT2D eigenvalue weighted by atomic mass is 16.6. The van der Waals surface area contributed by atoms with Crippen molar-refractivity contribution < 1.29 is 63.0 Å². The molecule has 7 atom stereocenters. The van der Waals surface area contributed by atoms with Gasteiger partial charge in [-0.2, -0.15) is 0 Å². The monoisotopic (exact) mass is 665 g/mol. The van der Waals surface area contributed by atoms with E-state index in [1.165, 1.54) is 18.2 Å². The fraction of sp³-hybridized carbons (Fsp3) is 0.441. The average Bonchev–Trinajstić information content (AvgIpc) is 3.40. The second-order valence-electron chi connectivity index (χ2n) is 12.5. The predicted molar refractivity (Wildman–Crippen MR) is 161 cm³/mol. The molecule has 1 saturated heterocycles. The zero-order chi connectivity index (χ0) is 34.5. The number of likely N-dealkylation sites (N-methyl/N-ethyl adjacent to an activating group) is 1. The van der Waals surface area contributed by atoms with Crippen molar-refractivity contribution in [2.24, 2.45) is 0 Å². The SMILES string of the molecule is CC(=O)O[C@@H](CC(=O)OC1=CC[C@@]2(O)[C@H]3Cc4ccc(O)c5c4[C@@]2(CCN3C)[C@H]1O5)C(=O)O[C@@H](C)C(=O)O[C@H](C(=O)O)c1ccccc1. The predicted octanol–water partition coefficient (Wildman–Crippen LogP) is 1.84. The van der Waals surface area contributed by atoms with E-state index in [4.69, 9.17) is 23.7 Å². The first-order chi connectivity index (χ1) is 22.8. The van der Waals surface area contributed by atoms with Crippen LogP contribution in [0.3, 0.4) is 0 Å². The van der Waals surface area contributed by atoms with E-state index in [1.54, 1.807) is 24.3 Å². The summed E-state index contributed by atoms with van der Waals surface area (Å²) >= 11 is 0. The van der Waals surface area contributed by atoms with Gasteiger partial charge in [-0.15, -0.1) is 0 Å². The molecule has 1 spiro atoms. The Morgan fingerprint density at radius 2 is 1.77 bits per heavy atom. The van der Waals surface area contributed by atoms with Gasteiger partial charge in [0.25, 0.3) is 0 Å². The fourth-order valence-electron chi connectivity index (χ4n) is 7.53. The molecule has 254 valence electrons. The van der Waals surface area contributed by atoms with Crippen molar-refractivity contribution in [3.05, 3.63) is 71.0 Å². The van der Waals surface area contributed by atoms with Crippen molar-refractivity contribution in [3.8, 4) is 11.5 Å². The first-order valence-electron chi connectivity index (χ1n) is 15.5. The van der Waals surface area contributed by atoms with Gasteiger partial charge >= 0.3 is 29.8 Å². The van der Waals surface area contributed by atoms with Gasteiger partial charge < -0.3 is 43.9 Å². The second kappa shape index (κ2) is 12.3. The number of phenols is 1. The summed E-state index contributed by atoms with van der Waals surface area (Å²) in [6.45, 7) is 2.76. The fourth-order valence-corrected chi connectivity index (χ4v) is 7.53. The van der Waals surface area contributed by atoms with Crippen LogP contribution in [-0.2, 0) is 54.8 Å². The van der Waals surface area contributed by atoms with Crippen LogP contribution in [0.2, 0.25) is 0 Å². The minimum absolute atomic E-state index is 0.0731. The summed E-state index contributed by atoms with van der Waals surface area (Å²) in [5.41, 5.74) is -0.518. The molecule has 2 bridgehead atoms. The summed E-state index contributed by atoms with van der Waals surface area (Å²) < 4.78 is 27.2. The molecule has 0 saturated carbocycles. The Hall–Kier alpha value is -4.95. The molecule has 6 rings (SSSR count). The molecule has 4 aliphatic rings. The van der Waals surface area contributed by atoms with E-state index in [0.717, 1.165) is 19.4 Å². The third kappa shape index (κ3) is 5.34. The Balaban J connectivity index is 1.17. The van der Waals surface area contributed by atoms with Crippen LogP contribution < -0.4 is 4.74 Å². The number of aliphatic carboxylic acids is 1. The van der Waals surface area contributed by atoms with Crippen molar-refractivity contribution in [3.63, 3.8) is 0 Å². The van der Waals surface area contributed by atoms with Crippen LogP contribution in [0.4, 0.5) is 0 Å². The van der Waals surface area contributed by atoms with Crippen LogP contribution in [0.1, 0.15) is 55.9 Å². The number of likely N-dealkylation sites (tertiary alicyclic amines) is 1. The van der Waals surface area contributed by atoms with Crippen LogP contribution >= 0.6 is 0 Å². The number of hydrogen-bond acceptors (Lipinski definition) is 13. The highest BCUT2D eigenvalue weighted by Crippen LogP contribution is 2.65. The summed E-state index contributed by atoms with van der Waals surface area (Å²) in [7, 11) is 1.94. The molecule has 0 radical (unpaired) electrons. The Morgan fingerprint density at radius 3 is 2.46 bits per heavy atom. The van der Waals surface area contributed by atoms with Gasteiger partial charge in [0.2, 0.25) is 12.2 Å². The minimum Gasteiger partial charge on any atom is -0.504 e. The van der Waals surface area contributed by atoms with Crippen LogP contribution in [0.15, 0.2) is 54.3 Å². The van der Waals surface area contributed by atoms with Crippen LogP contribution in [-0.4, -0.2) is 93.6 Å². The van der Waals surface area contributed by atoms with Crippen LogP contribution in [0, 0.1) is 0 Å². The number of aromatic hydroxyl groups is 1. The topological polar surface area (TPSA) is 195 Å². The van der Waals surface area contributed by atoms with E-state index in [-0.39, 0.29) is 35.3 Å². The molecular weight excluding hydrogens is 630 g/mol. The Kier molecular flexibility index (Phi) is 8.42. The number of esters is 4. The number of benzene rings is 2. The number of phenolic OH excluding ortho intramolecular Hbond substituents is 1. The van der Waals surface area contributed by atoms with E-state index >= 15 is 0 Å². The van der Waals surface area contributed by atoms with Crippen molar-refractivity contribution in [1.29, 1.82) is 0 Å². The summed E-state index contributed by atoms with van der Waals surface area (Å²) in [6.07, 6.45) is -4.25. The summed E-state index contributed by atoms with van der Waals surface area (Å²) in [5, 5.41) is 32.5. The van der Waals surface area contributed by atoms with E-state index in [2.05, 4.69) is 4.90 Å². The number of ether oxygens (including phenoxy) is 5. The Morgan fingerprint density at radius 1 is 1.04 bits per heavy atom. The van der Waals surface area contributed by atoms with Gasteiger partial charge in [-0.25, -0.2) is 14.4 Å². The van der Waals surface area contributed by atoms with Gasteiger partial charge in [0.05, 0.1) is 17.4 Å². The number of hydrogen-bond donors (Lipinski definition) is 3. The van der Waals surface area contributed by atoms with Gasteiger partial charge in [-0.05, 0) is 51.1 Å². The largest absolute Gasteiger partial charge is 0.504 e. The normalized spacial score (nSPS) is 26.8. The van der Waals surface area contributed by atoms with E-state index in [0.29, 0.717) is 24.9 Å². The maximum absolute atomic E-state index is 13.3. The molecule has 1 fully saturated rings. The van der Waals surface area contributed by atoms with Gasteiger partial charge in [-0.3, -0.25) is 9.59 Å². The van der Waals surface area contributed by atoms with E-state index < -0.39 is 71.7 Å². The molecule has 14 heteroatoms. The van der Waals surface area contributed by atoms with Crippen LogP contribution in [0.5, 0.6) is 11.5 Å². The second-order valence-corrected chi connectivity index (χ2v) is 12.5. The number of carbonyl (C=O) groups excluding carboxylic acids is 4. The molecule has 2 heterocycles. The Labute approximate surface area is 274 Å².